The molecule has 1 amide bonds. The average Bonchev–Trinajstić information content (AvgIpc) is 2.95. The Kier molecular flexibility index (Phi) is 4.33. The SMILES string of the molecule is CC1CCN(C(=O)c2sc(N3CCCCCC3)nc2N)C1. The van der Waals surface area contributed by atoms with Gasteiger partial charge in [0.05, 0.1) is 0 Å². The van der Waals surface area contributed by atoms with Gasteiger partial charge in [0, 0.05) is 26.2 Å². The number of likely N-dealkylation sites (tertiary alicyclic amines) is 1. The molecule has 2 fully saturated rings. The van der Waals surface area contributed by atoms with Crippen LogP contribution in [0.1, 0.15) is 48.7 Å². The highest BCUT2D eigenvalue weighted by Gasteiger charge is 2.28. The lowest BCUT2D eigenvalue weighted by molar-refractivity contribution is 0.0793. The molecular weight excluding hydrogens is 284 g/mol. The predicted octanol–water partition coefficient (Wildman–Crippen LogP) is 2.59. The number of hydrogen-bond donors (Lipinski definition) is 1. The minimum atomic E-state index is 0.0652. The van der Waals surface area contributed by atoms with E-state index in [0.29, 0.717) is 16.6 Å². The largest absolute Gasteiger partial charge is 0.382 e. The van der Waals surface area contributed by atoms with Gasteiger partial charge in [0.25, 0.3) is 5.91 Å². The van der Waals surface area contributed by atoms with Crippen molar-refractivity contribution in [2.75, 3.05) is 36.8 Å². The van der Waals surface area contributed by atoms with E-state index in [1.165, 1.54) is 37.0 Å². The zero-order valence-electron chi connectivity index (χ0n) is 12.7. The number of nitrogen functional groups attached to an aromatic ring is 1. The number of amides is 1. The van der Waals surface area contributed by atoms with Gasteiger partial charge >= 0.3 is 0 Å². The van der Waals surface area contributed by atoms with Crippen LogP contribution in [-0.2, 0) is 0 Å². The summed E-state index contributed by atoms with van der Waals surface area (Å²) in [5, 5.41) is 0.921. The van der Waals surface area contributed by atoms with E-state index in [1.54, 1.807) is 0 Å². The lowest BCUT2D eigenvalue weighted by atomic mass is 10.2. The smallest absolute Gasteiger partial charge is 0.267 e. The first-order valence-electron chi connectivity index (χ1n) is 7.95. The zero-order chi connectivity index (χ0) is 14.8. The highest BCUT2D eigenvalue weighted by molar-refractivity contribution is 7.18. The molecule has 0 saturated carbocycles. The van der Waals surface area contributed by atoms with Gasteiger partial charge in [0.15, 0.2) is 5.13 Å². The molecule has 5 nitrogen and oxygen atoms in total. The van der Waals surface area contributed by atoms with Crippen LogP contribution in [0.4, 0.5) is 10.9 Å². The maximum absolute atomic E-state index is 12.6. The molecule has 0 radical (unpaired) electrons. The van der Waals surface area contributed by atoms with Crippen LogP contribution in [0.5, 0.6) is 0 Å². The van der Waals surface area contributed by atoms with Gasteiger partial charge in [-0.3, -0.25) is 4.79 Å². The molecular formula is C15H24N4OS. The number of anilines is 2. The van der Waals surface area contributed by atoms with Gasteiger partial charge in [-0.1, -0.05) is 31.1 Å². The van der Waals surface area contributed by atoms with Crippen molar-refractivity contribution in [1.29, 1.82) is 0 Å². The van der Waals surface area contributed by atoms with Crippen molar-refractivity contribution in [3.8, 4) is 0 Å². The van der Waals surface area contributed by atoms with Crippen molar-refractivity contribution >= 4 is 28.2 Å². The lowest BCUT2D eigenvalue weighted by Gasteiger charge is -2.18. The fourth-order valence-electron chi connectivity index (χ4n) is 3.13. The third-order valence-corrected chi connectivity index (χ3v) is 5.54. The molecule has 2 aliphatic rings. The third kappa shape index (κ3) is 3.15. The van der Waals surface area contributed by atoms with Gasteiger partial charge in [-0.15, -0.1) is 0 Å². The van der Waals surface area contributed by atoms with E-state index >= 15 is 0 Å². The minimum absolute atomic E-state index is 0.0652. The van der Waals surface area contributed by atoms with E-state index in [0.717, 1.165) is 37.7 Å². The Morgan fingerprint density at radius 3 is 2.57 bits per heavy atom. The summed E-state index contributed by atoms with van der Waals surface area (Å²) >= 11 is 1.47. The van der Waals surface area contributed by atoms with Gasteiger partial charge < -0.3 is 15.5 Å². The number of hydrogen-bond acceptors (Lipinski definition) is 5. The monoisotopic (exact) mass is 308 g/mol. The quantitative estimate of drug-likeness (QED) is 0.912. The van der Waals surface area contributed by atoms with Crippen LogP contribution >= 0.6 is 11.3 Å². The van der Waals surface area contributed by atoms with E-state index in [-0.39, 0.29) is 5.91 Å². The Labute approximate surface area is 130 Å². The first-order chi connectivity index (χ1) is 10.1. The maximum atomic E-state index is 12.6. The van der Waals surface area contributed by atoms with E-state index < -0.39 is 0 Å². The molecule has 6 heteroatoms. The second kappa shape index (κ2) is 6.22. The molecule has 0 aliphatic carbocycles. The predicted molar refractivity (Wildman–Crippen MR) is 86.9 cm³/mol. The number of carbonyl (C=O) groups is 1. The molecule has 3 rings (SSSR count). The summed E-state index contributed by atoms with van der Waals surface area (Å²) in [5.41, 5.74) is 6.02. The normalized spacial score (nSPS) is 23.4. The number of thiazole rings is 1. The molecule has 0 aromatic carbocycles. The van der Waals surface area contributed by atoms with Crippen molar-refractivity contribution < 1.29 is 4.79 Å². The summed E-state index contributed by atoms with van der Waals surface area (Å²) in [5.74, 6) is 1.06. The summed E-state index contributed by atoms with van der Waals surface area (Å²) < 4.78 is 0. The van der Waals surface area contributed by atoms with Gasteiger partial charge in [0.1, 0.15) is 10.7 Å². The highest BCUT2D eigenvalue weighted by atomic mass is 32.1. The molecule has 1 aromatic rings. The van der Waals surface area contributed by atoms with E-state index in [4.69, 9.17) is 5.73 Å². The minimum Gasteiger partial charge on any atom is -0.382 e. The molecule has 1 aromatic heterocycles. The average molecular weight is 308 g/mol. The molecule has 2 N–H and O–H groups in total. The molecule has 116 valence electrons. The fourth-order valence-corrected chi connectivity index (χ4v) is 4.14. The summed E-state index contributed by atoms with van der Waals surface area (Å²) in [4.78, 5) is 21.9. The molecule has 21 heavy (non-hydrogen) atoms. The van der Waals surface area contributed by atoms with Gasteiger partial charge in [-0.05, 0) is 25.2 Å². The first kappa shape index (κ1) is 14.6. The van der Waals surface area contributed by atoms with Crippen molar-refractivity contribution in [3.63, 3.8) is 0 Å². The Morgan fingerprint density at radius 2 is 1.95 bits per heavy atom. The second-order valence-corrected chi connectivity index (χ2v) is 7.23. The highest BCUT2D eigenvalue weighted by Crippen LogP contribution is 2.31. The standard InChI is InChI=1S/C15H24N4OS/c1-11-6-9-19(10-11)14(20)12-13(16)17-15(21-12)18-7-4-2-3-5-8-18/h11H,2-10,16H2,1H3. The van der Waals surface area contributed by atoms with E-state index in [1.807, 2.05) is 4.90 Å². The zero-order valence-corrected chi connectivity index (χ0v) is 13.5. The van der Waals surface area contributed by atoms with Crippen LogP contribution in [0.15, 0.2) is 0 Å². The van der Waals surface area contributed by atoms with Crippen LogP contribution < -0.4 is 10.6 Å². The number of nitrogens with two attached hydrogens (primary N) is 1. The second-order valence-electron chi connectivity index (χ2n) is 6.26. The van der Waals surface area contributed by atoms with E-state index in [2.05, 4.69) is 16.8 Å². The summed E-state index contributed by atoms with van der Waals surface area (Å²) in [6, 6.07) is 0. The molecule has 1 unspecified atom stereocenters. The molecule has 2 aliphatic heterocycles. The van der Waals surface area contributed by atoms with Crippen LogP contribution in [0.3, 0.4) is 0 Å². The van der Waals surface area contributed by atoms with Gasteiger partial charge in [0.2, 0.25) is 0 Å². The van der Waals surface area contributed by atoms with Crippen molar-refractivity contribution in [2.24, 2.45) is 5.92 Å². The lowest BCUT2D eigenvalue weighted by Crippen LogP contribution is -2.28. The van der Waals surface area contributed by atoms with Gasteiger partial charge in [-0.2, -0.15) is 0 Å². The van der Waals surface area contributed by atoms with Crippen LogP contribution in [0.25, 0.3) is 0 Å². The number of aromatic nitrogens is 1. The third-order valence-electron chi connectivity index (χ3n) is 4.42. The number of rotatable bonds is 2. The Bertz CT molecular complexity index is 508. The maximum Gasteiger partial charge on any atom is 0.267 e. The summed E-state index contributed by atoms with van der Waals surface area (Å²) in [7, 11) is 0. The van der Waals surface area contributed by atoms with Crippen LogP contribution in [0, 0.1) is 5.92 Å². The van der Waals surface area contributed by atoms with Crippen LogP contribution in [-0.4, -0.2) is 42.0 Å². The molecule has 3 heterocycles. The van der Waals surface area contributed by atoms with Gasteiger partial charge in [-0.25, -0.2) is 4.98 Å². The molecule has 2 saturated heterocycles. The molecule has 1 atom stereocenters. The van der Waals surface area contributed by atoms with Crippen molar-refractivity contribution in [1.82, 2.24) is 9.88 Å². The topological polar surface area (TPSA) is 62.5 Å². The molecule has 0 spiro atoms. The Balaban J connectivity index is 1.75. The summed E-state index contributed by atoms with van der Waals surface area (Å²) in [6.07, 6.45) is 6.06. The fraction of sp³-hybridized carbons (Fsp3) is 0.733. The number of nitrogens with zero attached hydrogens (tertiary/aromatic N) is 3. The van der Waals surface area contributed by atoms with Crippen molar-refractivity contribution in [2.45, 2.75) is 39.0 Å². The number of carbonyl (C=O) groups excluding carboxylic acids is 1. The van der Waals surface area contributed by atoms with E-state index in [9.17, 15) is 4.79 Å². The molecule has 0 bridgehead atoms. The van der Waals surface area contributed by atoms with Crippen LogP contribution in [0.2, 0.25) is 0 Å². The first-order valence-corrected chi connectivity index (χ1v) is 8.77. The summed E-state index contributed by atoms with van der Waals surface area (Å²) in [6.45, 7) is 5.93. The Hall–Kier alpha value is -1.30. The van der Waals surface area contributed by atoms with Crippen molar-refractivity contribution in [3.05, 3.63) is 4.88 Å². The Morgan fingerprint density at radius 1 is 1.24 bits per heavy atom.